The van der Waals surface area contributed by atoms with Crippen LogP contribution in [0.1, 0.15) is 81.1 Å². The fraction of sp³-hybridized carbons (Fsp3) is 0.368. The molecule has 3 aromatic carbocycles. The third-order valence-electron chi connectivity index (χ3n) is 15.1. The number of nitrogens with zero attached hydrogens (tertiary/aromatic N) is 10. The van der Waals surface area contributed by atoms with Gasteiger partial charge in [-0.2, -0.15) is 0 Å². The normalized spacial score (nSPS) is 16.8. The lowest BCUT2D eigenvalue weighted by Crippen LogP contribution is -2.54. The molecule has 11 rings (SSSR count). The number of aliphatic hydroxyl groups excluding tert-OH is 1. The number of aliphatic hydroxyl groups is 1. The van der Waals surface area contributed by atoms with Gasteiger partial charge in [0.2, 0.25) is 11.8 Å². The van der Waals surface area contributed by atoms with E-state index >= 15 is 4.39 Å². The van der Waals surface area contributed by atoms with Gasteiger partial charge in [0.25, 0.3) is 22.9 Å². The number of halogens is 1. The van der Waals surface area contributed by atoms with Gasteiger partial charge in [0.15, 0.2) is 5.82 Å². The molecule has 3 fully saturated rings. The van der Waals surface area contributed by atoms with E-state index in [1.165, 1.54) is 15.2 Å². The smallest absolute Gasteiger partial charge is 0.293 e. The topological polar surface area (TPSA) is 241 Å². The Morgan fingerprint density at radius 1 is 0.823 bits per heavy atom. The second-order valence-electron chi connectivity index (χ2n) is 20.3. The number of anilines is 3. The Balaban J connectivity index is 0.600. The highest BCUT2D eigenvalue weighted by Crippen LogP contribution is 2.41. The van der Waals surface area contributed by atoms with Crippen molar-refractivity contribution in [1.82, 2.24) is 49.2 Å². The van der Waals surface area contributed by atoms with E-state index in [1.807, 2.05) is 24.4 Å². The van der Waals surface area contributed by atoms with Crippen molar-refractivity contribution < 1.29 is 38.1 Å². The Kier molecular flexibility index (Phi) is 15.3. The number of pyridine rings is 2. The summed E-state index contributed by atoms with van der Waals surface area (Å²) in [5, 5.41) is 25.0. The summed E-state index contributed by atoms with van der Waals surface area (Å²) in [5.41, 5.74) is 4.63. The van der Waals surface area contributed by atoms with Crippen LogP contribution in [0.5, 0.6) is 0 Å². The quantitative estimate of drug-likeness (QED) is 0.0667. The standard InChI is InChI=1S/C57H59FN12O9/c1-65-33-45(41-7-3-9-46(43(41)34-71)69-18-16-37-29-38(35-10-11-35)30-44(58)51(37)55(69)75)60-52(57(65)77)61-48-14-12-40(31-59-48)67-21-19-66(20-22-67)23-27-79-28-24-68-32-39(63-64-68)17-26-78-25-4-6-36-5-2-8-42-50(36)56(76)70(54(42)74)47-13-15-49(72)62-53(47)73/h2-3,5,7-9,12,14,16,18,29-33,35,47,71H,4,6,10-11,13,15,17,19-28,34H2,1H3,(H,59,60,61)(H,62,72,73). The Bertz CT molecular complexity index is 3610. The van der Waals surface area contributed by atoms with Crippen molar-refractivity contribution in [2.45, 2.75) is 70.1 Å². The minimum Gasteiger partial charge on any atom is -0.392 e. The van der Waals surface area contributed by atoms with Gasteiger partial charge in [-0.05, 0) is 90.9 Å². The molecule has 4 amide bonds. The van der Waals surface area contributed by atoms with Crippen LogP contribution < -0.4 is 26.7 Å². The van der Waals surface area contributed by atoms with Crippen molar-refractivity contribution in [3.05, 3.63) is 152 Å². The third kappa shape index (κ3) is 11.2. The van der Waals surface area contributed by atoms with E-state index in [-0.39, 0.29) is 35.2 Å². The molecule has 4 aliphatic rings. The van der Waals surface area contributed by atoms with Crippen LogP contribution in [0.3, 0.4) is 0 Å². The summed E-state index contributed by atoms with van der Waals surface area (Å²) in [4.78, 5) is 92.7. The largest absolute Gasteiger partial charge is 0.392 e. The number of aryl methyl sites for hydroxylation is 2. The number of piperidine rings is 1. The molecule has 7 aromatic rings. The predicted octanol–water partition coefficient (Wildman–Crippen LogP) is 4.42. The summed E-state index contributed by atoms with van der Waals surface area (Å²) in [6.45, 7) is 6.08. The number of hydrogen-bond donors (Lipinski definition) is 3. The van der Waals surface area contributed by atoms with Gasteiger partial charge in [0, 0.05) is 88.9 Å². The lowest BCUT2D eigenvalue weighted by Gasteiger charge is -2.35. The number of carbonyl (C=O) groups excluding carboxylic acids is 4. The number of ether oxygens (including phenoxy) is 2. The van der Waals surface area contributed by atoms with Gasteiger partial charge in [0.1, 0.15) is 17.7 Å². The maximum atomic E-state index is 15.4. The molecule has 0 spiro atoms. The molecule has 4 aromatic heterocycles. The van der Waals surface area contributed by atoms with Gasteiger partial charge in [-0.1, -0.05) is 35.5 Å². The van der Waals surface area contributed by atoms with Crippen LogP contribution in [-0.4, -0.2) is 138 Å². The lowest BCUT2D eigenvalue weighted by molar-refractivity contribution is -0.136. The van der Waals surface area contributed by atoms with Gasteiger partial charge in [-0.15, -0.1) is 5.10 Å². The molecule has 1 saturated carbocycles. The first-order chi connectivity index (χ1) is 38.4. The molecule has 22 heteroatoms. The highest BCUT2D eigenvalue weighted by molar-refractivity contribution is 6.24. The number of nitrogens with one attached hydrogen (secondary N) is 2. The van der Waals surface area contributed by atoms with Crippen molar-refractivity contribution in [2.75, 3.05) is 69.4 Å². The molecular formula is C57H59FN12O9. The number of carbonyl (C=O) groups is 4. The molecule has 3 N–H and O–H groups in total. The van der Waals surface area contributed by atoms with E-state index in [0.29, 0.717) is 103 Å². The zero-order valence-electron chi connectivity index (χ0n) is 43.6. The number of imide groups is 2. The number of hydrogen-bond acceptors (Lipinski definition) is 16. The van der Waals surface area contributed by atoms with Crippen LogP contribution in [0.4, 0.5) is 21.7 Å². The van der Waals surface area contributed by atoms with Gasteiger partial charge in [-0.25, -0.2) is 19.0 Å². The Morgan fingerprint density at radius 2 is 1.62 bits per heavy atom. The Hall–Kier alpha value is -8.31. The minimum atomic E-state index is -1.01. The van der Waals surface area contributed by atoms with E-state index in [0.717, 1.165) is 67.4 Å². The zero-order chi connectivity index (χ0) is 54.7. The fourth-order valence-electron chi connectivity index (χ4n) is 10.7. The number of fused-ring (bicyclic) bond motifs is 2. The van der Waals surface area contributed by atoms with Crippen molar-refractivity contribution >= 4 is 51.7 Å². The van der Waals surface area contributed by atoms with Crippen LogP contribution in [0.25, 0.3) is 27.7 Å². The van der Waals surface area contributed by atoms with E-state index < -0.39 is 47.7 Å². The highest BCUT2D eigenvalue weighted by Gasteiger charge is 2.45. The van der Waals surface area contributed by atoms with Gasteiger partial charge < -0.3 is 29.4 Å². The summed E-state index contributed by atoms with van der Waals surface area (Å²) >= 11 is 0. The highest BCUT2D eigenvalue weighted by atomic mass is 19.1. The molecule has 1 unspecified atom stereocenters. The molecule has 3 aliphatic heterocycles. The van der Waals surface area contributed by atoms with Gasteiger partial charge >= 0.3 is 0 Å². The van der Waals surface area contributed by atoms with Crippen LogP contribution >= 0.6 is 0 Å². The number of piperazine rings is 1. The molecular weight excluding hydrogens is 1020 g/mol. The van der Waals surface area contributed by atoms with Crippen LogP contribution in [-0.2, 0) is 52.1 Å². The van der Waals surface area contributed by atoms with Crippen LogP contribution in [0.2, 0.25) is 0 Å². The van der Waals surface area contributed by atoms with E-state index in [1.54, 1.807) is 72.8 Å². The molecule has 1 aliphatic carbocycles. The van der Waals surface area contributed by atoms with E-state index in [2.05, 4.69) is 40.7 Å². The zero-order valence-corrected chi connectivity index (χ0v) is 43.6. The first-order valence-electron chi connectivity index (χ1n) is 26.7. The first-order valence-corrected chi connectivity index (χ1v) is 26.7. The minimum absolute atomic E-state index is 0.0156. The molecule has 7 heterocycles. The monoisotopic (exact) mass is 1070 g/mol. The maximum Gasteiger partial charge on any atom is 0.293 e. The average Bonchev–Trinajstić information content (AvgIpc) is 4.30. The molecule has 408 valence electrons. The summed E-state index contributed by atoms with van der Waals surface area (Å²) in [6.07, 6.45) is 10.7. The number of amides is 4. The third-order valence-corrected chi connectivity index (χ3v) is 15.1. The number of aromatic nitrogens is 7. The lowest BCUT2D eigenvalue weighted by atomic mass is 9.99. The maximum absolute atomic E-state index is 15.4. The Labute approximate surface area is 452 Å². The first kappa shape index (κ1) is 52.7. The molecule has 2 saturated heterocycles. The van der Waals surface area contributed by atoms with Crippen molar-refractivity contribution in [2.24, 2.45) is 7.05 Å². The number of benzene rings is 3. The fourth-order valence-corrected chi connectivity index (χ4v) is 10.7. The van der Waals surface area contributed by atoms with Crippen LogP contribution in [0.15, 0.2) is 101 Å². The van der Waals surface area contributed by atoms with Crippen LogP contribution in [0, 0.1) is 5.82 Å². The second kappa shape index (κ2) is 23.0. The molecule has 0 radical (unpaired) electrons. The van der Waals surface area contributed by atoms with E-state index in [4.69, 9.17) is 9.47 Å². The van der Waals surface area contributed by atoms with Gasteiger partial charge in [0.05, 0.1) is 78.4 Å². The number of rotatable bonds is 21. The molecule has 21 nitrogen and oxygen atoms in total. The molecule has 1 atom stereocenters. The van der Waals surface area contributed by atoms with Crippen molar-refractivity contribution in [3.63, 3.8) is 0 Å². The molecule has 79 heavy (non-hydrogen) atoms. The van der Waals surface area contributed by atoms with Gasteiger partial charge in [-0.3, -0.25) is 48.5 Å². The van der Waals surface area contributed by atoms with Crippen molar-refractivity contribution in [3.8, 4) is 16.9 Å². The SMILES string of the molecule is Cn1cc(-c2cccc(-n3ccc4cc(C5CC5)cc(F)c4c3=O)c2CO)nc(Nc2ccc(N3CCN(CCOCCn4cc(CCOCCCc5cccc6c5C(=O)N(C5CCC(=O)NC5=O)C6=O)nn4)CC3)cn2)c1=O. The summed E-state index contributed by atoms with van der Waals surface area (Å²) in [5.74, 6) is -1.87. The average molecular weight is 1080 g/mol. The predicted molar refractivity (Wildman–Crippen MR) is 289 cm³/mol. The van der Waals surface area contributed by atoms with E-state index in [9.17, 15) is 33.9 Å². The summed E-state index contributed by atoms with van der Waals surface area (Å²) < 4.78 is 31.7. The molecule has 0 bridgehead atoms. The Morgan fingerprint density at radius 3 is 2.41 bits per heavy atom. The summed E-state index contributed by atoms with van der Waals surface area (Å²) in [6, 6.07) is 18.1. The second-order valence-corrected chi connectivity index (χ2v) is 20.3. The summed E-state index contributed by atoms with van der Waals surface area (Å²) in [7, 11) is 1.61. The van der Waals surface area contributed by atoms with Crippen molar-refractivity contribution in [1.29, 1.82) is 0 Å².